The summed E-state index contributed by atoms with van der Waals surface area (Å²) in [5.41, 5.74) is 5.47. The highest BCUT2D eigenvalue weighted by Gasteiger charge is 2.20. The van der Waals surface area contributed by atoms with Gasteiger partial charge in [0.1, 0.15) is 18.9 Å². The molecule has 3 aromatic rings. The molecule has 3 aromatic carbocycles. The molecule has 1 unspecified atom stereocenters. The number of nitrogens with one attached hydrogen (secondary N) is 2. The average Bonchev–Trinajstić information content (AvgIpc) is 2.96. The summed E-state index contributed by atoms with van der Waals surface area (Å²) in [7, 11) is 0. The minimum absolute atomic E-state index is 0.126. The molecule has 0 fully saturated rings. The van der Waals surface area contributed by atoms with E-state index in [-0.39, 0.29) is 18.7 Å². The molecule has 0 saturated heterocycles. The van der Waals surface area contributed by atoms with Crippen LogP contribution in [0.2, 0.25) is 0 Å². The number of anilines is 1. The number of carbonyl (C=O) groups is 4. The number of alkyl carbamates (subject to hydrolysis) is 1. The second-order valence-corrected chi connectivity index (χ2v) is 9.22. The van der Waals surface area contributed by atoms with Crippen LogP contribution in [0.15, 0.2) is 90.5 Å². The number of aryl methyl sites for hydroxylation is 2. The van der Waals surface area contributed by atoms with E-state index in [2.05, 4.69) is 10.6 Å². The molecular formula is C33H34N2O6. The van der Waals surface area contributed by atoms with Crippen LogP contribution in [-0.4, -0.2) is 37.4 Å². The number of hydrogen-bond acceptors (Lipinski definition) is 6. The molecule has 0 heterocycles. The van der Waals surface area contributed by atoms with Gasteiger partial charge in [-0.25, -0.2) is 9.59 Å². The predicted octanol–water partition coefficient (Wildman–Crippen LogP) is 5.65. The Morgan fingerprint density at radius 3 is 2.24 bits per heavy atom. The quantitative estimate of drug-likeness (QED) is 0.130. The highest BCUT2D eigenvalue weighted by molar-refractivity contribution is 5.96. The number of carbonyl (C=O) groups excluding carboxylic acids is 4. The summed E-state index contributed by atoms with van der Waals surface area (Å²) in [6, 6.07) is 22.5. The van der Waals surface area contributed by atoms with Gasteiger partial charge in [0.05, 0.1) is 12.2 Å². The molecule has 41 heavy (non-hydrogen) atoms. The molecule has 0 aliphatic heterocycles. The van der Waals surface area contributed by atoms with Gasteiger partial charge in [0, 0.05) is 12.1 Å². The first kappa shape index (κ1) is 30.6. The van der Waals surface area contributed by atoms with Gasteiger partial charge < -0.3 is 20.1 Å². The topological polar surface area (TPSA) is 111 Å². The third kappa shape index (κ3) is 9.61. The number of ether oxygens (including phenoxy) is 2. The zero-order valence-corrected chi connectivity index (χ0v) is 23.4. The van der Waals surface area contributed by atoms with Crippen LogP contribution < -0.4 is 10.6 Å². The molecule has 0 aliphatic carbocycles. The first-order valence-corrected chi connectivity index (χ1v) is 13.3. The van der Waals surface area contributed by atoms with Crippen molar-refractivity contribution < 1.29 is 28.7 Å². The fourth-order valence-corrected chi connectivity index (χ4v) is 4.07. The molecule has 2 amide bonds. The van der Waals surface area contributed by atoms with Crippen LogP contribution in [0.3, 0.4) is 0 Å². The molecule has 2 N–H and O–H groups in total. The largest absolute Gasteiger partial charge is 0.462 e. The van der Waals surface area contributed by atoms with E-state index in [9.17, 15) is 19.2 Å². The summed E-state index contributed by atoms with van der Waals surface area (Å²) in [6.07, 6.45) is 4.08. The van der Waals surface area contributed by atoms with Crippen molar-refractivity contribution in [2.24, 2.45) is 0 Å². The Hall–Kier alpha value is -4.98. The number of hydrogen-bond donors (Lipinski definition) is 2. The van der Waals surface area contributed by atoms with Crippen molar-refractivity contribution in [2.75, 3.05) is 18.5 Å². The number of benzene rings is 3. The van der Waals surface area contributed by atoms with Crippen LogP contribution in [0.5, 0.6) is 0 Å². The van der Waals surface area contributed by atoms with Crippen molar-refractivity contribution in [2.45, 2.75) is 33.3 Å². The Bertz CT molecular complexity index is 1430. The highest BCUT2D eigenvalue weighted by Crippen LogP contribution is 2.26. The molecule has 0 spiro atoms. The monoisotopic (exact) mass is 554 g/mol. The molecule has 8 heteroatoms. The molecule has 212 valence electrons. The first-order valence-electron chi connectivity index (χ1n) is 13.3. The molecule has 1 atom stereocenters. The van der Waals surface area contributed by atoms with Crippen LogP contribution in [-0.2, 0) is 30.3 Å². The Balaban J connectivity index is 1.57. The minimum Gasteiger partial charge on any atom is -0.462 e. The van der Waals surface area contributed by atoms with Gasteiger partial charge in [-0.05, 0) is 72.9 Å². The van der Waals surface area contributed by atoms with Crippen LogP contribution >= 0.6 is 0 Å². The van der Waals surface area contributed by atoms with Crippen LogP contribution in [0, 0.1) is 13.8 Å². The maximum atomic E-state index is 12.7. The normalized spacial score (nSPS) is 11.9. The summed E-state index contributed by atoms with van der Waals surface area (Å²) < 4.78 is 10.7. The molecule has 8 nitrogen and oxygen atoms in total. The van der Waals surface area contributed by atoms with Crippen LogP contribution in [0.25, 0.3) is 6.08 Å². The molecule has 3 rings (SSSR count). The van der Waals surface area contributed by atoms with Crippen LogP contribution in [0.4, 0.5) is 10.5 Å². The summed E-state index contributed by atoms with van der Waals surface area (Å²) in [4.78, 5) is 47.9. The van der Waals surface area contributed by atoms with Gasteiger partial charge in [0.15, 0.2) is 0 Å². The van der Waals surface area contributed by atoms with Crippen molar-refractivity contribution in [3.63, 3.8) is 0 Å². The summed E-state index contributed by atoms with van der Waals surface area (Å²) in [5.74, 6) is -1.01. The van der Waals surface area contributed by atoms with Gasteiger partial charge in [-0.2, -0.15) is 0 Å². The number of amides is 2. The van der Waals surface area contributed by atoms with Gasteiger partial charge in [0.2, 0.25) is 5.91 Å². The Labute approximate surface area is 240 Å². The molecule has 0 bridgehead atoms. The number of aldehydes is 1. The molecule has 0 aliphatic rings. The third-order valence-electron chi connectivity index (χ3n) is 6.25. The van der Waals surface area contributed by atoms with Gasteiger partial charge in [-0.15, -0.1) is 0 Å². The van der Waals surface area contributed by atoms with Crippen molar-refractivity contribution in [3.05, 3.63) is 118 Å². The van der Waals surface area contributed by atoms with E-state index in [0.717, 1.165) is 33.9 Å². The van der Waals surface area contributed by atoms with E-state index < -0.39 is 24.1 Å². The summed E-state index contributed by atoms with van der Waals surface area (Å²) in [6.45, 7) is 5.59. The molecule has 0 saturated carbocycles. The fourth-order valence-electron chi connectivity index (χ4n) is 4.07. The van der Waals surface area contributed by atoms with Gasteiger partial charge in [-0.3, -0.25) is 9.59 Å². The first-order chi connectivity index (χ1) is 19.8. The zero-order valence-electron chi connectivity index (χ0n) is 23.4. The molecule has 0 radical (unpaired) electrons. The van der Waals surface area contributed by atoms with Crippen molar-refractivity contribution >= 4 is 36.0 Å². The summed E-state index contributed by atoms with van der Waals surface area (Å²) >= 11 is 0. The molecule has 0 aromatic heterocycles. The fraction of sp³-hybridized carbons (Fsp3) is 0.212. The van der Waals surface area contributed by atoms with Crippen molar-refractivity contribution in [3.8, 4) is 0 Å². The number of allylic oxidation sites excluding steroid dienone is 1. The van der Waals surface area contributed by atoms with E-state index in [4.69, 9.17) is 9.47 Å². The highest BCUT2D eigenvalue weighted by atomic mass is 16.6. The van der Waals surface area contributed by atoms with Gasteiger partial charge >= 0.3 is 12.1 Å². The zero-order chi connectivity index (χ0) is 29.6. The lowest BCUT2D eigenvalue weighted by Crippen LogP contribution is -2.34. The van der Waals surface area contributed by atoms with Crippen molar-refractivity contribution in [1.29, 1.82) is 0 Å². The average molecular weight is 555 g/mol. The van der Waals surface area contributed by atoms with E-state index in [0.29, 0.717) is 18.4 Å². The maximum absolute atomic E-state index is 12.7. The lowest BCUT2D eigenvalue weighted by Gasteiger charge is -2.21. The van der Waals surface area contributed by atoms with E-state index in [1.165, 1.54) is 6.08 Å². The Kier molecular flexibility index (Phi) is 11.6. The standard InChI is InChI=1S/C33H34N2O6/c1-4-40-32(38)26(19-20-36)16-13-25-14-17-28(18-15-25)35-31(37)22-34-33(39)41-30(29-12-8-6-10-24(29)3)21-27-11-7-5-9-23(27)2/h5-20,30H,4,21-22H2,1-3H3,(H,34,39)(H,35,37)/b16-13+,26-19+. The number of esters is 1. The minimum atomic E-state index is -0.691. The Morgan fingerprint density at radius 1 is 0.902 bits per heavy atom. The van der Waals surface area contributed by atoms with E-state index >= 15 is 0 Å². The number of rotatable bonds is 12. The second-order valence-electron chi connectivity index (χ2n) is 9.22. The van der Waals surface area contributed by atoms with Gasteiger partial charge in [-0.1, -0.05) is 66.7 Å². The van der Waals surface area contributed by atoms with Crippen LogP contribution in [0.1, 0.15) is 40.8 Å². The lowest BCUT2D eigenvalue weighted by atomic mass is 9.95. The third-order valence-corrected chi connectivity index (χ3v) is 6.25. The maximum Gasteiger partial charge on any atom is 0.408 e. The second kappa shape index (κ2) is 15.6. The predicted molar refractivity (Wildman–Crippen MR) is 158 cm³/mol. The SMILES string of the molecule is CCOC(=O)C(/C=C/c1ccc(NC(=O)CNC(=O)OC(Cc2ccccc2C)c2ccccc2C)cc1)=C/C=O. The lowest BCUT2D eigenvalue weighted by molar-refractivity contribution is -0.138. The van der Waals surface area contributed by atoms with Crippen molar-refractivity contribution in [1.82, 2.24) is 5.32 Å². The molecular weight excluding hydrogens is 520 g/mol. The van der Waals surface area contributed by atoms with Gasteiger partial charge in [0.25, 0.3) is 0 Å². The summed E-state index contributed by atoms with van der Waals surface area (Å²) in [5, 5.41) is 5.26. The smallest absolute Gasteiger partial charge is 0.408 e. The van der Waals surface area contributed by atoms with E-state index in [1.807, 2.05) is 62.4 Å². The Morgan fingerprint density at radius 2 is 1.59 bits per heavy atom. The van der Waals surface area contributed by atoms with E-state index in [1.54, 1.807) is 37.3 Å².